The predicted molar refractivity (Wildman–Crippen MR) is 66.4 cm³/mol. The number of cyclic esters (lactones) is 1. The zero-order chi connectivity index (χ0) is 12.3. The molecule has 0 aliphatic carbocycles. The molecule has 0 saturated carbocycles. The summed E-state index contributed by atoms with van der Waals surface area (Å²) < 4.78 is 5.22. The largest absolute Gasteiger partial charge is 0.456 e. The highest BCUT2D eigenvalue weighted by molar-refractivity contribution is 5.73. The Morgan fingerprint density at radius 2 is 2.18 bits per heavy atom. The number of hydrogen-bond donors (Lipinski definition) is 0. The maximum absolute atomic E-state index is 11.5. The van der Waals surface area contributed by atoms with Gasteiger partial charge in [0.05, 0.1) is 6.54 Å². The van der Waals surface area contributed by atoms with Crippen LogP contribution < -0.4 is 0 Å². The van der Waals surface area contributed by atoms with Gasteiger partial charge in [-0.2, -0.15) is 0 Å². The third-order valence-corrected chi connectivity index (χ3v) is 3.11. The van der Waals surface area contributed by atoms with Crippen LogP contribution >= 0.6 is 0 Å². The zero-order valence-corrected chi connectivity index (χ0v) is 10.0. The van der Waals surface area contributed by atoms with Gasteiger partial charge in [0, 0.05) is 12.6 Å². The van der Waals surface area contributed by atoms with Crippen LogP contribution in [0.1, 0.15) is 12.5 Å². The van der Waals surface area contributed by atoms with Gasteiger partial charge in [-0.25, -0.2) is 0 Å². The number of nitrogens with zero attached hydrogens (tertiary/aromatic N) is 1. The molecule has 2 atom stereocenters. The van der Waals surface area contributed by atoms with Crippen LogP contribution in [0, 0.1) is 0 Å². The summed E-state index contributed by atoms with van der Waals surface area (Å²) >= 11 is 0. The van der Waals surface area contributed by atoms with E-state index in [1.807, 2.05) is 18.2 Å². The van der Waals surface area contributed by atoms with Crippen LogP contribution in [0.5, 0.6) is 0 Å². The van der Waals surface area contributed by atoms with Crippen LogP contribution in [-0.2, 0) is 16.1 Å². The summed E-state index contributed by atoms with van der Waals surface area (Å²) in [7, 11) is 0. The molecule has 1 aliphatic rings. The highest BCUT2D eigenvalue weighted by atomic mass is 16.5. The van der Waals surface area contributed by atoms with Crippen molar-refractivity contribution in [3.8, 4) is 0 Å². The molecule has 1 aliphatic heterocycles. The van der Waals surface area contributed by atoms with Gasteiger partial charge in [0.2, 0.25) is 0 Å². The van der Waals surface area contributed by atoms with Gasteiger partial charge in [-0.1, -0.05) is 36.9 Å². The van der Waals surface area contributed by atoms with Crippen molar-refractivity contribution in [1.82, 2.24) is 4.90 Å². The molecule has 3 nitrogen and oxygen atoms in total. The Kier molecular flexibility index (Phi) is 3.59. The molecule has 0 N–H and O–H groups in total. The van der Waals surface area contributed by atoms with E-state index in [2.05, 4.69) is 30.5 Å². The second-order valence-electron chi connectivity index (χ2n) is 4.32. The quantitative estimate of drug-likeness (QED) is 0.588. The van der Waals surface area contributed by atoms with E-state index < -0.39 is 0 Å². The van der Waals surface area contributed by atoms with Crippen molar-refractivity contribution in [3.05, 3.63) is 48.6 Å². The Morgan fingerprint density at radius 3 is 2.82 bits per heavy atom. The Bertz CT molecular complexity index is 402. The summed E-state index contributed by atoms with van der Waals surface area (Å²) in [5.74, 6) is -0.177. The predicted octanol–water partition coefficient (Wildman–Crippen LogP) is 1.99. The first-order chi connectivity index (χ1) is 8.20. The van der Waals surface area contributed by atoms with Crippen LogP contribution in [0.15, 0.2) is 43.0 Å². The molecule has 2 rings (SSSR count). The van der Waals surface area contributed by atoms with Crippen LogP contribution in [0.4, 0.5) is 0 Å². The summed E-state index contributed by atoms with van der Waals surface area (Å²) in [6.45, 7) is 6.88. The highest BCUT2D eigenvalue weighted by Gasteiger charge is 2.31. The topological polar surface area (TPSA) is 29.5 Å². The molecule has 1 heterocycles. The van der Waals surface area contributed by atoms with Crippen molar-refractivity contribution in [2.45, 2.75) is 25.6 Å². The van der Waals surface area contributed by atoms with E-state index in [1.54, 1.807) is 6.08 Å². The first kappa shape index (κ1) is 11.9. The fourth-order valence-corrected chi connectivity index (χ4v) is 2.07. The van der Waals surface area contributed by atoms with E-state index in [0.29, 0.717) is 6.54 Å². The van der Waals surface area contributed by atoms with E-state index in [-0.39, 0.29) is 18.1 Å². The van der Waals surface area contributed by atoms with E-state index in [0.717, 1.165) is 6.54 Å². The SMILES string of the molecule is C=C[C@@H]1OC(=O)CN(Cc2ccccc2)[C@H]1C. The van der Waals surface area contributed by atoms with Crippen LogP contribution in [0.2, 0.25) is 0 Å². The van der Waals surface area contributed by atoms with Crippen LogP contribution in [0.3, 0.4) is 0 Å². The Labute approximate surface area is 102 Å². The maximum atomic E-state index is 11.5. The van der Waals surface area contributed by atoms with Crippen molar-refractivity contribution >= 4 is 5.97 Å². The van der Waals surface area contributed by atoms with Gasteiger partial charge in [-0.15, -0.1) is 0 Å². The summed E-state index contributed by atoms with van der Waals surface area (Å²) in [6.07, 6.45) is 1.49. The molecule has 1 saturated heterocycles. The lowest BCUT2D eigenvalue weighted by atomic mass is 10.1. The fraction of sp³-hybridized carbons (Fsp3) is 0.357. The number of morpholine rings is 1. The molecule has 0 spiro atoms. The number of benzene rings is 1. The molecular weight excluding hydrogens is 214 g/mol. The number of ether oxygens (including phenoxy) is 1. The smallest absolute Gasteiger partial charge is 0.320 e. The van der Waals surface area contributed by atoms with E-state index in [1.165, 1.54) is 5.56 Å². The summed E-state index contributed by atoms with van der Waals surface area (Å²) in [4.78, 5) is 13.6. The minimum Gasteiger partial charge on any atom is -0.456 e. The summed E-state index contributed by atoms with van der Waals surface area (Å²) in [5.41, 5.74) is 1.21. The molecule has 0 radical (unpaired) electrons. The average Bonchev–Trinajstić information content (AvgIpc) is 2.34. The van der Waals surface area contributed by atoms with Gasteiger partial charge in [0.15, 0.2) is 0 Å². The van der Waals surface area contributed by atoms with Crippen molar-refractivity contribution in [2.75, 3.05) is 6.54 Å². The molecule has 17 heavy (non-hydrogen) atoms. The number of carbonyl (C=O) groups is 1. The average molecular weight is 231 g/mol. The van der Waals surface area contributed by atoms with Gasteiger partial charge in [0.25, 0.3) is 0 Å². The molecular formula is C14H17NO2. The lowest BCUT2D eigenvalue weighted by Gasteiger charge is -2.37. The van der Waals surface area contributed by atoms with E-state index in [4.69, 9.17) is 4.74 Å². The number of carbonyl (C=O) groups excluding carboxylic acids is 1. The van der Waals surface area contributed by atoms with Crippen LogP contribution in [-0.4, -0.2) is 29.6 Å². The molecule has 3 heteroatoms. The summed E-state index contributed by atoms with van der Waals surface area (Å²) in [6, 6.07) is 10.3. The monoisotopic (exact) mass is 231 g/mol. The Balaban J connectivity index is 2.09. The van der Waals surface area contributed by atoms with Crippen LogP contribution in [0.25, 0.3) is 0 Å². The minimum absolute atomic E-state index is 0.172. The third kappa shape index (κ3) is 2.74. The maximum Gasteiger partial charge on any atom is 0.320 e. The first-order valence-electron chi connectivity index (χ1n) is 5.80. The van der Waals surface area contributed by atoms with Gasteiger partial charge in [0.1, 0.15) is 6.10 Å². The molecule has 0 unspecified atom stereocenters. The van der Waals surface area contributed by atoms with Crippen molar-refractivity contribution in [1.29, 1.82) is 0 Å². The fourth-order valence-electron chi connectivity index (χ4n) is 2.07. The minimum atomic E-state index is -0.208. The van der Waals surface area contributed by atoms with Gasteiger partial charge < -0.3 is 4.74 Å². The van der Waals surface area contributed by atoms with Gasteiger partial charge in [-0.05, 0) is 18.6 Å². The Hall–Kier alpha value is -1.61. The second kappa shape index (κ2) is 5.15. The standard InChI is InChI=1S/C14H17NO2/c1-3-13-11(2)15(10-14(16)17-13)9-12-7-5-4-6-8-12/h3-8,11,13H,1,9-10H2,2H3/t11-,13-/m0/s1. The number of hydrogen-bond acceptors (Lipinski definition) is 3. The molecule has 0 aromatic heterocycles. The van der Waals surface area contributed by atoms with Crippen molar-refractivity contribution in [3.63, 3.8) is 0 Å². The molecule has 90 valence electrons. The lowest BCUT2D eigenvalue weighted by Crippen LogP contribution is -2.50. The van der Waals surface area contributed by atoms with Gasteiger partial charge >= 0.3 is 5.97 Å². The third-order valence-electron chi connectivity index (χ3n) is 3.11. The normalized spacial score (nSPS) is 25.4. The molecule has 1 aromatic carbocycles. The molecule has 1 fully saturated rings. The van der Waals surface area contributed by atoms with Gasteiger partial charge in [-0.3, -0.25) is 9.69 Å². The van der Waals surface area contributed by atoms with E-state index >= 15 is 0 Å². The zero-order valence-electron chi connectivity index (χ0n) is 10.0. The molecule has 0 bridgehead atoms. The van der Waals surface area contributed by atoms with E-state index in [9.17, 15) is 4.79 Å². The Morgan fingerprint density at radius 1 is 1.47 bits per heavy atom. The highest BCUT2D eigenvalue weighted by Crippen LogP contribution is 2.18. The molecule has 1 aromatic rings. The van der Waals surface area contributed by atoms with Crippen molar-refractivity contribution < 1.29 is 9.53 Å². The number of rotatable bonds is 3. The summed E-state index contributed by atoms with van der Waals surface area (Å²) in [5, 5.41) is 0. The number of esters is 1. The second-order valence-corrected chi connectivity index (χ2v) is 4.32. The lowest BCUT2D eigenvalue weighted by molar-refractivity contribution is -0.160. The van der Waals surface area contributed by atoms with Crippen molar-refractivity contribution in [2.24, 2.45) is 0 Å². The first-order valence-corrected chi connectivity index (χ1v) is 5.80. The molecule has 0 amide bonds.